The van der Waals surface area contributed by atoms with Gasteiger partial charge in [-0.2, -0.15) is 0 Å². The Morgan fingerprint density at radius 1 is 1.25 bits per heavy atom. The quantitative estimate of drug-likeness (QED) is 0.927. The lowest BCUT2D eigenvalue weighted by Gasteiger charge is -2.37. The first-order valence-electron chi connectivity index (χ1n) is 7.27. The summed E-state index contributed by atoms with van der Waals surface area (Å²) in [6, 6.07) is 7.63. The van der Waals surface area contributed by atoms with E-state index in [1.807, 2.05) is 31.3 Å². The fraction of sp³-hybridized carbons (Fsp3) is 0.562. The Hall–Kier alpha value is -1.06. The van der Waals surface area contributed by atoms with Gasteiger partial charge in [0.2, 0.25) is 5.91 Å². The molecule has 1 aliphatic rings. The molecule has 0 radical (unpaired) electrons. The van der Waals surface area contributed by atoms with Crippen LogP contribution in [0.2, 0.25) is 5.02 Å². The van der Waals surface area contributed by atoms with Gasteiger partial charge >= 0.3 is 0 Å². The van der Waals surface area contributed by atoms with Crippen LogP contribution in [0, 0.1) is 5.41 Å². The number of carbonyl (C=O) groups excluding carboxylic acids is 1. The van der Waals surface area contributed by atoms with E-state index in [1.54, 1.807) is 4.90 Å². The number of hydrogen-bond donors (Lipinski definition) is 1. The molecule has 1 saturated carbocycles. The first kappa shape index (κ1) is 15.3. The molecule has 0 unspecified atom stereocenters. The topological polar surface area (TPSA) is 46.3 Å². The molecule has 3 nitrogen and oxygen atoms in total. The number of halogens is 1. The molecule has 4 heteroatoms. The Kier molecular flexibility index (Phi) is 5.06. The van der Waals surface area contributed by atoms with E-state index in [9.17, 15) is 4.79 Å². The highest BCUT2D eigenvalue weighted by molar-refractivity contribution is 6.30. The summed E-state index contributed by atoms with van der Waals surface area (Å²) in [6.07, 6.45) is 5.28. The molecule has 1 aromatic rings. The summed E-state index contributed by atoms with van der Waals surface area (Å²) in [7, 11) is 1.86. The van der Waals surface area contributed by atoms with Crippen LogP contribution in [0.15, 0.2) is 24.3 Å². The van der Waals surface area contributed by atoms with Gasteiger partial charge in [0, 0.05) is 25.2 Å². The second-order valence-electron chi connectivity index (χ2n) is 5.83. The Morgan fingerprint density at radius 2 is 1.85 bits per heavy atom. The highest BCUT2D eigenvalue weighted by atomic mass is 35.5. The van der Waals surface area contributed by atoms with Crippen molar-refractivity contribution in [1.29, 1.82) is 0 Å². The van der Waals surface area contributed by atoms with Gasteiger partial charge < -0.3 is 10.6 Å². The minimum Gasteiger partial charge on any atom is -0.341 e. The van der Waals surface area contributed by atoms with Crippen LogP contribution in [-0.2, 0) is 11.3 Å². The van der Waals surface area contributed by atoms with E-state index in [4.69, 9.17) is 17.3 Å². The molecule has 2 N–H and O–H groups in total. The average molecular weight is 295 g/mol. The highest BCUT2D eigenvalue weighted by Crippen LogP contribution is 2.37. The van der Waals surface area contributed by atoms with Crippen LogP contribution in [0.4, 0.5) is 0 Å². The molecule has 0 aromatic heterocycles. The highest BCUT2D eigenvalue weighted by Gasteiger charge is 2.39. The van der Waals surface area contributed by atoms with Crippen LogP contribution in [0.1, 0.15) is 37.7 Å². The molecule has 20 heavy (non-hydrogen) atoms. The average Bonchev–Trinajstić information content (AvgIpc) is 2.49. The third-order valence-electron chi connectivity index (χ3n) is 4.33. The molecule has 1 fully saturated rings. The lowest BCUT2D eigenvalue weighted by Crippen LogP contribution is -2.47. The van der Waals surface area contributed by atoms with Gasteiger partial charge in [-0.1, -0.05) is 43.0 Å². The molecule has 0 spiro atoms. The van der Waals surface area contributed by atoms with Crippen molar-refractivity contribution >= 4 is 17.5 Å². The first-order valence-corrected chi connectivity index (χ1v) is 7.65. The van der Waals surface area contributed by atoms with E-state index < -0.39 is 0 Å². The monoisotopic (exact) mass is 294 g/mol. The van der Waals surface area contributed by atoms with Gasteiger partial charge in [0.1, 0.15) is 0 Å². The molecule has 0 aliphatic heterocycles. The Morgan fingerprint density at radius 3 is 2.40 bits per heavy atom. The summed E-state index contributed by atoms with van der Waals surface area (Å²) in [6.45, 7) is 1.06. The SMILES string of the molecule is CN(Cc1ccc(Cl)cc1)C(=O)C1(CN)CCCCC1. The zero-order valence-electron chi connectivity index (χ0n) is 12.1. The van der Waals surface area contributed by atoms with E-state index in [2.05, 4.69) is 0 Å². The van der Waals surface area contributed by atoms with E-state index in [0.717, 1.165) is 31.2 Å². The minimum absolute atomic E-state index is 0.189. The molecule has 1 aromatic carbocycles. The second-order valence-corrected chi connectivity index (χ2v) is 6.27. The molecule has 110 valence electrons. The number of hydrogen-bond acceptors (Lipinski definition) is 2. The van der Waals surface area contributed by atoms with Gasteiger partial charge in [-0.05, 0) is 30.5 Å². The van der Waals surface area contributed by atoms with Gasteiger partial charge in [-0.3, -0.25) is 4.79 Å². The van der Waals surface area contributed by atoms with Crippen molar-refractivity contribution in [3.63, 3.8) is 0 Å². The summed E-state index contributed by atoms with van der Waals surface area (Å²) >= 11 is 5.88. The Labute approximate surface area is 126 Å². The maximum absolute atomic E-state index is 12.7. The third kappa shape index (κ3) is 3.33. The molecular formula is C16H23ClN2O. The summed E-state index contributed by atoms with van der Waals surface area (Å²) in [5.41, 5.74) is 6.68. The van der Waals surface area contributed by atoms with E-state index in [0.29, 0.717) is 18.1 Å². The van der Waals surface area contributed by atoms with Crippen molar-refractivity contribution in [3.05, 3.63) is 34.9 Å². The molecule has 1 aliphatic carbocycles. The van der Waals surface area contributed by atoms with E-state index in [-0.39, 0.29) is 11.3 Å². The van der Waals surface area contributed by atoms with Crippen LogP contribution in [0.25, 0.3) is 0 Å². The van der Waals surface area contributed by atoms with Crippen LogP contribution >= 0.6 is 11.6 Å². The predicted octanol–water partition coefficient (Wildman–Crippen LogP) is 3.21. The van der Waals surface area contributed by atoms with Crippen LogP contribution in [-0.4, -0.2) is 24.4 Å². The van der Waals surface area contributed by atoms with Gasteiger partial charge in [0.25, 0.3) is 0 Å². The number of nitrogens with zero attached hydrogens (tertiary/aromatic N) is 1. The van der Waals surface area contributed by atoms with Gasteiger partial charge in [-0.15, -0.1) is 0 Å². The third-order valence-corrected chi connectivity index (χ3v) is 4.59. The number of carbonyl (C=O) groups is 1. The summed E-state index contributed by atoms with van der Waals surface area (Å²) in [4.78, 5) is 14.5. The van der Waals surface area contributed by atoms with Crippen molar-refractivity contribution in [1.82, 2.24) is 4.90 Å². The largest absolute Gasteiger partial charge is 0.341 e. The molecule has 1 amide bonds. The van der Waals surface area contributed by atoms with Crippen molar-refractivity contribution in [2.45, 2.75) is 38.6 Å². The van der Waals surface area contributed by atoms with Crippen molar-refractivity contribution in [2.75, 3.05) is 13.6 Å². The molecule has 0 saturated heterocycles. The first-order chi connectivity index (χ1) is 9.57. The zero-order chi connectivity index (χ0) is 14.6. The van der Waals surface area contributed by atoms with Crippen LogP contribution in [0.3, 0.4) is 0 Å². The number of benzene rings is 1. The summed E-state index contributed by atoms with van der Waals surface area (Å²) in [5, 5.41) is 0.716. The second kappa shape index (κ2) is 6.59. The smallest absolute Gasteiger partial charge is 0.230 e. The lowest BCUT2D eigenvalue weighted by atomic mass is 9.73. The molecule has 0 heterocycles. The molecular weight excluding hydrogens is 272 g/mol. The standard InChI is InChI=1S/C16H23ClN2O/c1-19(11-13-5-7-14(17)8-6-13)15(20)16(12-18)9-3-2-4-10-16/h5-8H,2-4,9-12,18H2,1H3. The Bertz CT molecular complexity index is 452. The number of nitrogens with two attached hydrogens (primary N) is 1. The van der Waals surface area contributed by atoms with E-state index in [1.165, 1.54) is 6.42 Å². The van der Waals surface area contributed by atoms with Crippen molar-refractivity contribution in [3.8, 4) is 0 Å². The van der Waals surface area contributed by atoms with Crippen LogP contribution in [0.5, 0.6) is 0 Å². The molecule has 0 bridgehead atoms. The number of rotatable bonds is 4. The van der Waals surface area contributed by atoms with Crippen molar-refractivity contribution < 1.29 is 4.79 Å². The normalized spacial score (nSPS) is 17.8. The summed E-state index contributed by atoms with van der Waals surface area (Å²) in [5.74, 6) is 0.189. The maximum Gasteiger partial charge on any atom is 0.230 e. The van der Waals surface area contributed by atoms with Gasteiger partial charge in [0.05, 0.1) is 5.41 Å². The fourth-order valence-corrected chi connectivity index (χ4v) is 3.20. The van der Waals surface area contributed by atoms with Gasteiger partial charge in [0.15, 0.2) is 0 Å². The molecule has 0 atom stereocenters. The zero-order valence-corrected chi connectivity index (χ0v) is 12.8. The van der Waals surface area contributed by atoms with Crippen molar-refractivity contribution in [2.24, 2.45) is 11.1 Å². The predicted molar refractivity (Wildman–Crippen MR) is 82.5 cm³/mol. The molecule has 2 rings (SSSR count). The maximum atomic E-state index is 12.7. The lowest BCUT2D eigenvalue weighted by molar-refractivity contribution is -0.142. The van der Waals surface area contributed by atoms with E-state index >= 15 is 0 Å². The minimum atomic E-state index is -0.334. The number of amides is 1. The Balaban J connectivity index is 2.05. The summed E-state index contributed by atoms with van der Waals surface area (Å²) < 4.78 is 0. The fourth-order valence-electron chi connectivity index (χ4n) is 3.07. The van der Waals surface area contributed by atoms with Gasteiger partial charge in [-0.25, -0.2) is 0 Å². The van der Waals surface area contributed by atoms with Crippen LogP contribution < -0.4 is 5.73 Å².